The van der Waals surface area contributed by atoms with Crippen molar-refractivity contribution in [2.75, 3.05) is 49.3 Å². The molecule has 0 saturated carbocycles. The number of ether oxygens (including phenoxy) is 2. The predicted octanol–water partition coefficient (Wildman–Crippen LogP) is 1.25. The summed E-state index contributed by atoms with van der Waals surface area (Å²) in [6, 6.07) is 9.50. The second-order valence-electron chi connectivity index (χ2n) is 6.46. The van der Waals surface area contributed by atoms with Crippen molar-refractivity contribution >= 4 is 17.5 Å². The largest absolute Gasteiger partial charge is 0.376 e. The molecular weight excluding hydrogens is 339 g/mol. The maximum Gasteiger partial charge on any atom is 0.253 e. The number of nitrogens with zero attached hydrogens (tertiary/aromatic N) is 4. The second-order valence-corrected chi connectivity index (χ2v) is 6.46. The highest BCUT2D eigenvalue weighted by atomic mass is 19.1. The molecule has 136 valence electrons. The molecule has 0 aliphatic carbocycles. The summed E-state index contributed by atoms with van der Waals surface area (Å²) in [5.41, 5.74) is 0.131. The summed E-state index contributed by atoms with van der Waals surface area (Å²) in [7, 11) is 0. The summed E-state index contributed by atoms with van der Waals surface area (Å²) in [4.78, 5) is 24.1. The Balaban J connectivity index is 1.59. The van der Waals surface area contributed by atoms with Gasteiger partial charge in [-0.05, 0) is 12.1 Å². The van der Waals surface area contributed by atoms with Crippen molar-refractivity contribution in [3.63, 3.8) is 0 Å². The third-order valence-electron chi connectivity index (χ3n) is 4.56. The lowest BCUT2D eigenvalue weighted by Crippen LogP contribution is -2.61. The lowest BCUT2D eigenvalue weighted by atomic mass is 10.0. The molecule has 0 radical (unpaired) electrons. The summed E-state index contributed by atoms with van der Waals surface area (Å²) in [6.45, 7) is 2.21. The minimum atomic E-state index is -0.696. The zero-order valence-electron chi connectivity index (χ0n) is 14.2. The van der Waals surface area contributed by atoms with Crippen LogP contribution in [0.4, 0.5) is 16.0 Å². The Kier molecular flexibility index (Phi) is 4.52. The Morgan fingerprint density at radius 2 is 1.88 bits per heavy atom. The van der Waals surface area contributed by atoms with Crippen LogP contribution in [0.1, 0.15) is 0 Å². The zero-order valence-corrected chi connectivity index (χ0v) is 14.2. The third kappa shape index (κ3) is 3.38. The van der Waals surface area contributed by atoms with Crippen LogP contribution in [0.2, 0.25) is 0 Å². The molecule has 4 rings (SSSR count). The Morgan fingerprint density at radius 3 is 2.65 bits per heavy atom. The Hall–Kier alpha value is -2.58. The average molecular weight is 358 g/mol. The molecule has 2 aromatic rings. The number of para-hydroxylation sites is 1. The quantitative estimate of drug-likeness (QED) is 0.805. The highest BCUT2D eigenvalue weighted by Gasteiger charge is 2.43. The van der Waals surface area contributed by atoms with Gasteiger partial charge in [-0.25, -0.2) is 14.4 Å². The van der Waals surface area contributed by atoms with E-state index in [1.54, 1.807) is 4.90 Å². The van der Waals surface area contributed by atoms with E-state index >= 15 is 0 Å². The number of halogens is 1. The van der Waals surface area contributed by atoms with Gasteiger partial charge < -0.3 is 19.3 Å². The first kappa shape index (κ1) is 16.9. The topological polar surface area (TPSA) is 67.8 Å². The van der Waals surface area contributed by atoms with Crippen LogP contribution in [0.5, 0.6) is 0 Å². The molecule has 1 aromatic carbocycles. The van der Waals surface area contributed by atoms with Crippen LogP contribution in [-0.4, -0.2) is 60.9 Å². The summed E-state index contributed by atoms with van der Waals surface area (Å²) >= 11 is 0. The summed E-state index contributed by atoms with van der Waals surface area (Å²) in [6.07, 6.45) is 2.28. The number of amides is 1. The standard InChI is InChI=1S/C18H19FN4O3/c19-14-8-20-17(21-9-14)22-6-7-25-13-18(11-22)12-23(16(24)10-26-18)15-4-2-1-3-5-15/h1-5,8-9H,6-7,10-13H2. The van der Waals surface area contributed by atoms with Gasteiger partial charge in [-0.1, -0.05) is 18.2 Å². The minimum absolute atomic E-state index is 0.0175. The maximum atomic E-state index is 13.1. The molecule has 1 unspecified atom stereocenters. The number of carbonyl (C=O) groups excluding carboxylic acids is 1. The molecular formula is C18H19FN4O3. The number of carbonyl (C=O) groups is 1. The molecule has 1 spiro atoms. The van der Waals surface area contributed by atoms with Gasteiger partial charge in [0.2, 0.25) is 5.95 Å². The van der Waals surface area contributed by atoms with Crippen LogP contribution < -0.4 is 9.80 Å². The van der Waals surface area contributed by atoms with E-state index in [1.807, 2.05) is 35.2 Å². The van der Waals surface area contributed by atoms with E-state index in [4.69, 9.17) is 9.47 Å². The van der Waals surface area contributed by atoms with E-state index in [9.17, 15) is 9.18 Å². The first-order valence-corrected chi connectivity index (χ1v) is 8.45. The molecule has 1 amide bonds. The first-order valence-electron chi connectivity index (χ1n) is 8.45. The van der Waals surface area contributed by atoms with Gasteiger partial charge in [-0.2, -0.15) is 0 Å². The summed E-state index contributed by atoms with van der Waals surface area (Å²) < 4.78 is 24.8. The molecule has 2 aliphatic heterocycles. The normalized spacial score (nSPS) is 24.0. The van der Waals surface area contributed by atoms with Gasteiger partial charge in [0.15, 0.2) is 5.82 Å². The van der Waals surface area contributed by atoms with Crippen molar-refractivity contribution < 1.29 is 18.7 Å². The molecule has 0 bridgehead atoms. The number of hydrogen-bond donors (Lipinski definition) is 0. The summed E-state index contributed by atoms with van der Waals surface area (Å²) in [5, 5.41) is 0. The highest BCUT2D eigenvalue weighted by Crippen LogP contribution is 2.28. The fraction of sp³-hybridized carbons (Fsp3) is 0.389. The molecule has 26 heavy (non-hydrogen) atoms. The molecule has 8 heteroatoms. The van der Waals surface area contributed by atoms with Crippen LogP contribution in [0.3, 0.4) is 0 Å². The van der Waals surface area contributed by atoms with Crippen molar-refractivity contribution in [2.45, 2.75) is 5.60 Å². The van der Waals surface area contributed by atoms with E-state index in [2.05, 4.69) is 9.97 Å². The van der Waals surface area contributed by atoms with Crippen LogP contribution >= 0.6 is 0 Å². The van der Waals surface area contributed by atoms with Crippen molar-refractivity contribution in [3.05, 3.63) is 48.5 Å². The van der Waals surface area contributed by atoms with E-state index in [-0.39, 0.29) is 12.5 Å². The second kappa shape index (κ2) is 6.97. The molecule has 2 saturated heterocycles. The van der Waals surface area contributed by atoms with Gasteiger partial charge in [-0.15, -0.1) is 0 Å². The fourth-order valence-corrected chi connectivity index (χ4v) is 3.29. The number of anilines is 2. The van der Waals surface area contributed by atoms with Crippen molar-refractivity contribution in [1.29, 1.82) is 0 Å². The SMILES string of the molecule is O=C1COC2(COCCN(c3ncc(F)cn3)C2)CN1c1ccccc1. The van der Waals surface area contributed by atoms with Crippen LogP contribution in [-0.2, 0) is 14.3 Å². The summed E-state index contributed by atoms with van der Waals surface area (Å²) in [5.74, 6) is -0.150. The lowest BCUT2D eigenvalue weighted by Gasteiger charge is -2.42. The number of rotatable bonds is 2. The monoisotopic (exact) mass is 358 g/mol. The smallest absolute Gasteiger partial charge is 0.253 e. The maximum absolute atomic E-state index is 13.1. The Labute approximate surface area is 150 Å². The molecule has 0 N–H and O–H groups in total. The van der Waals surface area contributed by atoms with E-state index in [0.717, 1.165) is 18.1 Å². The van der Waals surface area contributed by atoms with Gasteiger partial charge in [0.05, 0.1) is 38.7 Å². The lowest BCUT2D eigenvalue weighted by molar-refractivity contribution is -0.143. The fourth-order valence-electron chi connectivity index (χ4n) is 3.29. The van der Waals surface area contributed by atoms with Gasteiger partial charge >= 0.3 is 0 Å². The molecule has 3 heterocycles. The number of morpholine rings is 1. The van der Waals surface area contributed by atoms with Crippen molar-refractivity contribution in [3.8, 4) is 0 Å². The van der Waals surface area contributed by atoms with Crippen LogP contribution in [0.15, 0.2) is 42.7 Å². The van der Waals surface area contributed by atoms with Crippen LogP contribution in [0, 0.1) is 5.82 Å². The number of hydrogen-bond acceptors (Lipinski definition) is 6. The Morgan fingerprint density at radius 1 is 1.12 bits per heavy atom. The zero-order chi connectivity index (χ0) is 18.0. The first-order chi connectivity index (χ1) is 12.7. The average Bonchev–Trinajstić information content (AvgIpc) is 2.88. The molecule has 1 aromatic heterocycles. The Bertz CT molecular complexity index is 774. The van der Waals surface area contributed by atoms with E-state index < -0.39 is 11.4 Å². The van der Waals surface area contributed by atoms with E-state index in [1.165, 1.54) is 0 Å². The predicted molar refractivity (Wildman–Crippen MR) is 92.5 cm³/mol. The molecule has 7 nitrogen and oxygen atoms in total. The van der Waals surface area contributed by atoms with Gasteiger partial charge in [0, 0.05) is 12.2 Å². The van der Waals surface area contributed by atoms with E-state index in [0.29, 0.717) is 38.8 Å². The molecule has 2 fully saturated rings. The minimum Gasteiger partial charge on any atom is -0.376 e. The third-order valence-corrected chi connectivity index (χ3v) is 4.56. The molecule has 2 aliphatic rings. The number of benzene rings is 1. The van der Waals surface area contributed by atoms with Gasteiger partial charge in [-0.3, -0.25) is 4.79 Å². The number of aromatic nitrogens is 2. The molecule has 1 atom stereocenters. The highest BCUT2D eigenvalue weighted by molar-refractivity contribution is 5.95. The van der Waals surface area contributed by atoms with Crippen molar-refractivity contribution in [1.82, 2.24) is 9.97 Å². The van der Waals surface area contributed by atoms with Gasteiger partial charge in [0.25, 0.3) is 5.91 Å². The van der Waals surface area contributed by atoms with Gasteiger partial charge in [0.1, 0.15) is 12.2 Å². The van der Waals surface area contributed by atoms with Crippen LogP contribution in [0.25, 0.3) is 0 Å². The van der Waals surface area contributed by atoms with Crippen molar-refractivity contribution in [2.24, 2.45) is 0 Å².